The van der Waals surface area contributed by atoms with E-state index >= 15 is 0 Å². The number of nitrogens with one attached hydrogen (secondary N) is 1. The number of nitrogens with zero attached hydrogens (tertiary/aromatic N) is 4. The van der Waals surface area contributed by atoms with Crippen LogP contribution in [-0.4, -0.2) is 40.1 Å². The summed E-state index contributed by atoms with van der Waals surface area (Å²) in [6.45, 7) is 13.4. The van der Waals surface area contributed by atoms with Gasteiger partial charge in [0.05, 0.1) is 17.3 Å². The molecule has 0 radical (unpaired) electrons. The molecule has 1 amide bonds. The van der Waals surface area contributed by atoms with Crippen molar-refractivity contribution in [3.8, 4) is 22.6 Å². The average Bonchev–Trinajstić information content (AvgIpc) is 3.44. The van der Waals surface area contributed by atoms with Crippen LogP contribution in [0, 0.1) is 0 Å². The fraction of sp³-hybridized carbons (Fsp3) is 0.280. The molecule has 0 aliphatic heterocycles. The summed E-state index contributed by atoms with van der Waals surface area (Å²) in [4.78, 5) is 25.3. The van der Waals surface area contributed by atoms with E-state index < -0.39 is 8.07 Å². The summed E-state index contributed by atoms with van der Waals surface area (Å²) < 4.78 is 13.6. The van der Waals surface area contributed by atoms with Crippen LogP contribution in [0.25, 0.3) is 33.6 Å². The lowest BCUT2D eigenvalue weighted by atomic mass is 10.0. The summed E-state index contributed by atoms with van der Waals surface area (Å²) in [7, 11) is -1.18. The number of hydrogen-bond donors (Lipinski definition) is 1. The Hall–Kier alpha value is -3.56. The lowest BCUT2D eigenvalue weighted by Gasteiger charge is -2.15. The van der Waals surface area contributed by atoms with E-state index in [1.165, 1.54) is 6.39 Å². The van der Waals surface area contributed by atoms with Gasteiger partial charge in [-0.2, -0.15) is 0 Å². The molecular formula is C25H29N5O3Si. The van der Waals surface area contributed by atoms with Crippen molar-refractivity contribution in [2.24, 2.45) is 0 Å². The highest BCUT2D eigenvalue weighted by Gasteiger charge is 2.20. The van der Waals surface area contributed by atoms with E-state index in [-0.39, 0.29) is 5.91 Å². The summed E-state index contributed by atoms with van der Waals surface area (Å²) in [6.07, 6.45) is 6.58. The van der Waals surface area contributed by atoms with Crippen molar-refractivity contribution in [2.75, 3.05) is 11.9 Å². The topological polar surface area (TPSA) is 95.1 Å². The Labute approximate surface area is 199 Å². The number of ether oxygens (including phenoxy) is 1. The number of carbonyl (C=O) groups is 1. The van der Waals surface area contributed by atoms with Gasteiger partial charge in [-0.05, 0) is 25.1 Å². The standard InChI is InChI=1S/C25H29N5O3Si/c1-17(2)25(31)29-19-8-6-7-18(11-19)23-22-20(21-12-26-15-33-21)13-30(24(22)28-14-27-23)16-32-9-10-34(3,4)5/h6-8,11-15H,1,9-10,16H2,2-5H3,(H,29,31). The Morgan fingerprint density at radius 1 is 1.26 bits per heavy atom. The van der Waals surface area contributed by atoms with Crippen molar-refractivity contribution in [3.05, 3.63) is 61.5 Å². The van der Waals surface area contributed by atoms with Gasteiger partial charge >= 0.3 is 0 Å². The summed E-state index contributed by atoms with van der Waals surface area (Å²) in [5.74, 6) is 0.391. The van der Waals surface area contributed by atoms with E-state index in [9.17, 15) is 4.79 Å². The number of benzene rings is 1. The Morgan fingerprint density at radius 2 is 2.09 bits per heavy atom. The molecule has 0 bridgehead atoms. The van der Waals surface area contributed by atoms with Crippen LogP contribution in [0.2, 0.25) is 25.7 Å². The lowest BCUT2D eigenvalue weighted by Crippen LogP contribution is -2.22. The molecule has 0 fully saturated rings. The highest BCUT2D eigenvalue weighted by atomic mass is 28.3. The Kier molecular flexibility index (Phi) is 6.76. The van der Waals surface area contributed by atoms with E-state index in [0.29, 0.717) is 30.4 Å². The molecule has 1 N–H and O–H groups in total. The molecule has 0 spiro atoms. The molecule has 0 saturated carbocycles. The third-order valence-corrected chi connectivity index (χ3v) is 7.06. The maximum atomic E-state index is 12.1. The van der Waals surface area contributed by atoms with Gasteiger partial charge in [-0.3, -0.25) is 4.79 Å². The Morgan fingerprint density at radius 3 is 2.79 bits per heavy atom. The minimum absolute atomic E-state index is 0.228. The maximum absolute atomic E-state index is 12.1. The second kappa shape index (κ2) is 9.74. The summed E-state index contributed by atoms with van der Waals surface area (Å²) >= 11 is 0. The number of fused-ring (bicyclic) bond motifs is 1. The second-order valence-corrected chi connectivity index (χ2v) is 15.1. The average molecular weight is 476 g/mol. The minimum atomic E-state index is -1.18. The largest absolute Gasteiger partial charge is 0.443 e. The van der Waals surface area contributed by atoms with Crippen LogP contribution in [0.1, 0.15) is 6.92 Å². The van der Waals surface area contributed by atoms with Crippen LogP contribution >= 0.6 is 0 Å². The molecule has 0 saturated heterocycles. The molecule has 34 heavy (non-hydrogen) atoms. The molecular weight excluding hydrogens is 446 g/mol. The van der Waals surface area contributed by atoms with Crippen molar-refractivity contribution >= 4 is 30.7 Å². The predicted octanol–water partition coefficient (Wildman–Crippen LogP) is 5.58. The van der Waals surface area contributed by atoms with E-state index in [4.69, 9.17) is 9.15 Å². The van der Waals surface area contributed by atoms with Crippen molar-refractivity contribution in [1.29, 1.82) is 0 Å². The second-order valence-electron chi connectivity index (χ2n) is 9.46. The van der Waals surface area contributed by atoms with Gasteiger partial charge < -0.3 is 19.0 Å². The van der Waals surface area contributed by atoms with Crippen molar-refractivity contribution in [2.45, 2.75) is 39.3 Å². The van der Waals surface area contributed by atoms with Gasteiger partial charge in [0.2, 0.25) is 0 Å². The Bertz CT molecular complexity index is 1320. The third kappa shape index (κ3) is 5.32. The van der Waals surface area contributed by atoms with Crippen LogP contribution in [0.3, 0.4) is 0 Å². The third-order valence-electron chi connectivity index (χ3n) is 5.36. The molecule has 4 rings (SSSR count). The minimum Gasteiger partial charge on any atom is -0.443 e. The molecule has 8 nitrogen and oxygen atoms in total. The SMILES string of the molecule is C=C(C)C(=O)Nc1cccc(-c2ncnc3c2c(-c2cnco2)cn3COCC[Si](C)(C)C)c1. The zero-order chi connectivity index (χ0) is 24.3. The number of aromatic nitrogens is 4. The normalized spacial score (nSPS) is 11.6. The molecule has 9 heteroatoms. The molecule has 0 atom stereocenters. The number of anilines is 1. The van der Waals surface area contributed by atoms with Gasteiger partial charge in [0.1, 0.15) is 18.7 Å². The van der Waals surface area contributed by atoms with E-state index in [0.717, 1.165) is 33.9 Å². The number of carbonyl (C=O) groups excluding carboxylic acids is 1. The number of oxazole rings is 1. The van der Waals surface area contributed by atoms with E-state index in [2.05, 4.69) is 46.5 Å². The maximum Gasteiger partial charge on any atom is 0.250 e. The number of rotatable bonds is 9. The lowest BCUT2D eigenvalue weighted by molar-refractivity contribution is -0.112. The molecule has 0 aliphatic rings. The highest BCUT2D eigenvalue weighted by molar-refractivity contribution is 6.76. The summed E-state index contributed by atoms with van der Waals surface area (Å²) in [5, 5.41) is 3.69. The van der Waals surface area contributed by atoms with E-state index in [1.54, 1.807) is 19.4 Å². The fourth-order valence-electron chi connectivity index (χ4n) is 3.50. The first-order chi connectivity index (χ1) is 16.2. The van der Waals surface area contributed by atoms with Crippen molar-refractivity contribution in [3.63, 3.8) is 0 Å². The predicted molar refractivity (Wildman–Crippen MR) is 136 cm³/mol. The molecule has 4 aromatic rings. The van der Waals surface area contributed by atoms with Crippen LogP contribution in [0.15, 0.2) is 65.9 Å². The molecule has 1 aromatic carbocycles. The van der Waals surface area contributed by atoms with Crippen molar-refractivity contribution in [1.82, 2.24) is 19.5 Å². The zero-order valence-electron chi connectivity index (χ0n) is 20.0. The van der Waals surface area contributed by atoms with Gasteiger partial charge in [-0.25, -0.2) is 15.0 Å². The highest BCUT2D eigenvalue weighted by Crippen LogP contribution is 2.36. The smallest absolute Gasteiger partial charge is 0.250 e. The fourth-order valence-corrected chi connectivity index (χ4v) is 4.26. The van der Waals surface area contributed by atoms with Gasteiger partial charge in [0, 0.05) is 43.3 Å². The van der Waals surface area contributed by atoms with Crippen LogP contribution in [0.4, 0.5) is 5.69 Å². The quantitative estimate of drug-likeness (QED) is 0.193. The van der Waals surface area contributed by atoms with Crippen molar-refractivity contribution < 1.29 is 13.9 Å². The van der Waals surface area contributed by atoms with E-state index in [1.807, 2.05) is 35.0 Å². The first-order valence-corrected chi connectivity index (χ1v) is 14.8. The zero-order valence-corrected chi connectivity index (χ0v) is 21.0. The van der Waals surface area contributed by atoms with Gasteiger partial charge in [0.15, 0.2) is 12.2 Å². The van der Waals surface area contributed by atoms with Gasteiger partial charge in [0.25, 0.3) is 5.91 Å². The van der Waals surface area contributed by atoms with Crippen LogP contribution < -0.4 is 5.32 Å². The van der Waals surface area contributed by atoms with Gasteiger partial charge in [-0.1, -0.05) is 38.4 Å². The number of hydrogen-bond acceptors (Lipinski definition) is 6. The van der Waals surface area contributed by atoms with Crippen LogP contribution in [-0.2, 0) is 16.3 Å². The first-order valence-electron chi connectivity index (χ1n) is 11.1. The Balaban J connectivity index is 1.75. The molecule has 3 aromatic heterocycles. The molecule has 176 valence electrons. The summed E-state index contributed by atoms with van der Waals surface area (Å²) in [6, 6.07) is 8.63. The number of amides is 1. The molecule has 3 heterocycles. The first kappa shape index (κ1) is 23.6. The van der Waals surface area contributed by atoms with Gasteiger partial charge in [-0.15, -0.1) is 0 Å². The molecule has 0 unspecified atom stereocenters. The monoisotopic (exact) mass is 475 g/mol. The van der Waals surface area contributed by atoms with Crippen LogP contribution in [0.5, 0.6) is 0 Å². The summed E-state index contributed by atoms with van der Waals surface area (Å²) in [5.41, 5.74) is 4.23. The molecule has 0 aliphatic carbocycles.